The molecule has 0 spiro atoms. The summed E-state index contributed by atoms with van der Waals surface area (Å²) in [5.74, 6) is 1.11. The van der Waals surface area contributed by atoms with Crippen molar-refractivity contribution in [1.29, 1.82) is 0 Å². The van der Waals surface area contributed by atoms with E-state index in [1.807, 2.05) is 0 Å². The zero-order valence-electron chi connectivity index (χ0n) is 40.9. The Morgan fingerprint density at radius 3 is 0.818 bits per heavy atom. The summed E-state index contributed by atoms with van der Waals surface area (Å²) in [5.41, 5.74) is 9.92. The lowest BCUT2D eigenvalue weighted by Crippen LogP contribution is -2.41. The standard InChI is InChI=1S/C34H45B2NO4.C22H21Br2N/c1-11-24(2)25-12-18-28(19-13-25)37(29-20-14-26(15-21-29)35-38-31(3,4)32(5,6)39-35)30-22-16-27(17-23-30)36-40-33(7,8)34(9,10)41-36;1-3-16(2)17-4-10-20(11-5-17)25(21-12-6-18(23)7-13-21)22-14-8-19(24)9-15-22/h12-24H,11H2,1-10H3;4-16H,3H2,1-2H3. The Kier molecular flexibility index (Phi) is 15.2. The first-order chi connectivity index (χ1) is 31.2. The molecule has 0 bridgehead atoms. The third kappa shape index (κ3) is 10.9. The molecule has 2 saturated heterocycles. The summed E-state index contributed by atoms with van der Waals surface area (Å²) in [6.45, 7) is 25.7. The maximum atomic E-state index is 6.30. The largest absolute Gasteiger partial charge is 0.494 e. The van der Waals surface area contributed by atoms with Crippen molar-refractivity contribution in [3.8, 4) is 0 Å². The van der Waals surface area contributed by atoms with Crippen LogP contribution in [0.1, 0.15) is 119 Å². The molecule has 2 aliphatic rings. The minimum absolute atomic E-state index is 0.376. The predicted molar refractivity (Wildman–Crippen MR) is 286 cm³/mol. The molecule has 6 aromatic carbocycles. The van der Waals surface area contributed by atoms with E-state index in [1.54, 1.807) is 0 Å². The van der Waals surface area contributed by atoms with Gasteiger partial charge >= 0.3 is 14.2 Å². The van der Waals surface area contributed by atoms with Crippen molar-refractivity contribution < 1.29 is 18.6 Å². The molecule has 0 aliphatic carbocycles. The van der Waals surface area contributed by atoms with Crippen LogP contribution >= 0.6 is 31.9 Å². The summed E-state index contributed by atoms with van der Waals surface area (Å²) in [6, 6.07) is 51.7. The van der Waals surface area contributed by atoms with Crippen LogP contribution in [0.3, 0.4) is 0 Å². The highest BCUT2D eigenvalue weighted by Crippen LogP contribution is 2.40. The molecule has 2 atom stereocenters. The van der Waals surface area contributed by atoms with Crippen LogP contribution in [0.25, 0.3) is 0 Å². The molecule has 0 amide bonds. The van der Waals surface area contributed by atoms with Gasteiger partial charge in [0.25, 0.3) is 0 Å². The molecule has 0 radical (unpaired) electrons. The van der Waals surface area contributed by atoms with Gasteiger partial charge in [-0.05, 0) is 199 Å². The molecule has 2 fully saturated rings. The summed E-state index contributed by atoms with van der Waals surface area (Å²) in [4.78, 5) is 4.56. The Hall–Kier alpha value is -4.15. The number of anilines is 6. The number of rotatable bonds is 12. The van der Waals surface area contributed by atoms with Gasteiger partial charge < -0.3 is 28.4 Å². The molecule has 2 unspecified atom stereocenters. The summed E-state index contributed by atoms with van der Waals surface area (Å²) in [6.07, 6.45) is 2.27. The molecule has 0 aromatic heterocycles. The van der Waals surface area contributed by atoms with E-state index in [-0.39, 0.29) is 22.4 Å². The molecule has 10 heteroatoms. The summed E-state index contributed by atoms with van der Waals surface area (Å²) in [5, 5.41) is 0. The molecule has 66 heavy (non-hydrogen) atoms. The van der Waals surface area contributed by atoms with E-state index in [9.17, 15) is 0 Å². The Morgan fingerprint density at radius 1 is 0.379 bits per heavy atom. The summed E-state index contributed by atoms with van der Waals surface area (Å²) < 4.78 is 27.4. The molecule has 6 aromatic rings. The molecule has 2 heterocycles. The SMILES string of the molecule is CCC(C)c1ccc(N(c2ccc(B3OC(C)(C)C(C)(C)O3)cc2)c2ccc(B3OC(C)(C)C(C)(C)O3)cc2)cc1.CCC(C)c1ccc(N(c2ccc(Br)cc2)c2ccc(Br)cc2)cc1. The van der Waals surface area contributed by atoms with E-state index in [2.05, 4.69) is 270 Å². The monoisotopic (exact) mass is 1010 g/mol. The van der Waals surface area contributed by atoms with Gasteiger partial charge in [-0.1, -0.05) is 108 Å². The zero-order valence-corrected chi connectivity index (χ0v) is 44.0. The fourth-order valence-electron chi connectivity index (χ4n) is 7.97. The maximum absolute atomic E-state index is 6.30. The van der Waals surface area contributed by atoms with Crippen molar-refractivity contribution in [3.63, 3.8) is 0 Å². The fourth-order valence-corrected chi connectivity index (χ4v) is 8.50. The average molecular weight is 1010 g/mol. The number of hydrogen-bond donors (Lipinski definition) is 0. The normalized spacial score (nSPS) is 17.7. The van der Waals surface area contributed by atoms with Gasteiger partial charge in [-0.2, -0.15) is 0 Å². The van der Waals surface area contributed by atoms with Crippen molar-refractivity contribution in [3.05, 3.63) is 166 Å². The van der Waals surface area contributed by atoms with Crippen molar-refractivity contribution in [2.45, 2.75) is 130 Å². The molecular weight excluding hydrogens is 946 g/mol. The Labute approximate surface area is 413 Å². The van der Waals surface area contributed by atoms with Gasteiger partial charge in [0.05, 0.1) is 22.4 Å². The van der Waals surface area contributed by atoms with Crippen LogP contribution in [0.5, 0.6) is 0 Å². The second-order valence-electron chi connectivity index (χ2n) is 19.8. The lowest BCUT2D eigenvalue weighted by molar-refractivity contribution is 0.00578. The molecule has 0 saturated carbocycles. The van der Waals surface area contributed by atoms with Crippen molar-refractivity contribution in [2.24, 2.45) is 0 Å². The summed E-state index contributed by atoms with van der Waals surface area (Å²) >= 11 is 7.05. The van der Waals surface area contributed by atoms with Crippen LogP contribution in [-0.2, 0) is 18.6 Å². The Bertz CT molecular complexity index is 2360. The van der Waals surface area contributed by atoms with E-state index < -0.39 is 14.2 Å². The van der Waals surface area contributed by atoms with Gasteiger partial charge in [-0.15, -0.1) is 0 Å². The van der Waals surface area contributed by atoms with E-state index >= 15 is 0 Å². The first-order valence-corrected chi connectivity index (χ1v) is 25.0. The molecule has 344 valence electrons. The minimum Gasteiger partial charge on any atom is -0.399 e. The second-order valence-corrected chi connectivity index (χ2v) is 21.6. The molecule has 8 rings (SSSR count). The maximum Gasteiger partial charge on any atom is 0.494 e. The highest BCUT2D eigenvalue weighted by Gasteiger charge is 2.52. The van der Waals surface area contributed by atoms with Gasteiger partial charge in [0.2, 0.25) is 0 Å². The lowest BCUT2D eigenvalue weighted by Gasteiger charge is -2.32. The van der Waals surface area contributed by atoms with Gasteiger partial charge in [-0.25, -0.2) is 0 Å². The van der Waals surface area contributed by atoms with Crippen molar-refractivity contribution >= 4 is 91.1 Å². The Morgan fingerprint density at radius 2 is 0.591 bits per heavy atom. The van der Waals surface area contributed by atoms with E-state index in [0.29, 0.717) is 11.8 Å². The summed E-state index contributed by atoms with van der Waals surface area (Å²) in [7, 11) is -0.784. The number of halogens is 2. The van der Waals surface area contributed by atoms with Crippen LogP contribution in [0, 0.1) is 0 Å². The van der Waals surface area contributed by atoms with E-state index in [4.69, 9.17) is 18.6 Å². The minimum atomic E-state index is -0.392. The molecular formula is C56H66B2Br2N2O4. The zero-order chi connectivity index (χ0) is 47.6. The van der Waals surface area contributed by atoms with Gasteiger partial charge in [0.1, 0.15) is 0 Å². The van der Waals surface area contributed by atoms with Crippen LogP contribution in [0.2, 0.25) is 0 Å². The van der Waals surface area contributed by atoms with Crippen LogP contribution in [-0.4, -0.2) is 36.6 Å². The number of benzene rings is 6. The number of hydrogen-bond acceptors (Lipinski definition) is 6. The van der Waals surface area contributed by atoms with Gasteiger partial charge in [0, 0.05) is 43.1 Å². The van der Waals surface area contributed by atoms with E-state index in [0.717, 1.165) is 66.8 Å². The highest BCUT2D eigenvalue weighted by atomic mass is 79.9. The predicted octanol–water partition coefficient (Wildman–Crippen LogP) is 15.5. The first-order valence-electron chi connectivity index (χ1n) is 23.4. The van der Waals surface area contributed by atoms with Crippen LogP contribution in [0.4, 0.5) is 34.1 Å². The fraction of sp³-hybridized carbons (Fsp3) is 0.357. The smallest absolute Gasteiger partial charge is 0.399 e. The average Bonchev–Trinajstić information content (AvgIpc) is 3.67. The van der Waals surface area contributed by atoms with Crippen LogP contribution in [0.15, 0.2) is 155 Å². The molecule has 0 N–H and O–H groups in total. The van der Waals surface area contributed by atoms with Gasteiger partial charge in [0.15, 0.2) is 0 Å². The lowest BCUT2D eigenvalue weighted by atomic mass is 9.79. The van der Waals surface area contributed by atoms with Crippen molar-refractivity contribution in [1.82, 2.24) is 0 Å². The molecule has 2 aliphatic heterocycles. The highest BCUT2D eigenvalue weighted by molar-refractivity contribution is 9.10. The third-order valence-corrected chi connectivity index (χ3v) is 15.2. The first kappa shape index (κ1) is 49.7. The Balaban J connectivity index is 0.000000221. The topological polar surface area (TPSA) is 43.4 Å². The molecule has 6 nitrogen and oxygen atoms in total. The second kappa shape index (κ2) is 20.2. The third-order valence-electron chi connectivity index (χ3n) is 14.2. The van der Waals surface area contributed by atoms with Gasteiger partial charge in [-0.3, -0.25) is 0 Å². The number of nitrogens with zero attached hydrogens (tertiary/aromatic N) is 2. The van der Waals surface area contributed by atoms with Crippen molar-refractivity contribution in [2.75, 3.05) is 9.80 Å². The van der Waals surface area contributed by atoms with E-state index in [1.165, 1.54) is 11.1 Å². The van der Waals surface area contributed by atoms with Crippen LogP contribution < -0.4 is 20.7 Å². The quantitative estimate of drug-likeness (QED) is 0.114.